The van der Waals surface area contributed by atoms with Gasteiger partial charge in [0.2, 0.25) is 5.91 Å². The summed E-state index contributed by atoms with van der Waals surface area (Å²) < 4.78 is 5.50. The molecule has 1 aliphatic rings. The Morgan fingerprint density at radius 2 is 1.93 bits per heavy atom. The van der Waals surface area contributed by atoms with Crippen LogP contribution in [0.15, 0.2) is 42.5 Å². The van der Waals surface area contributed by atoms with Crippen molar-refractivity contribution in [3.8, 4) is 11.8 Å². The highest BCUT2D eigenvalue weighted by Gasteiger charge is 2.26. The summed E-state index contributed by atoms with van der Waals surface area (Å²) >= 11 is 0. The minimum atomic E-state index is -0.252. The number of anilines is 1. The molecule has 6 nitrogen and oxygen atoms in total. The summed E-state index contributed by atoms with van der Waals surface area (Å²) in [6.07, 6.45) is 0. The highest BCUT2D eigenvalue weighted by molar-refractivity contribution is 5.95. The number of nitrogens with one attached hydrogen (secondary N) is 1. The van der Waals surface area contributed by atoms with E-state index in [9.17, 15) is 10.1 Å². The van der Waals surface area contributed by atoms with E-state index in [2.05, 4.69) is 40.2 Å². The number of amides is 1. The molecule has 1 saturated heterocycles. The maximum absolute atomic E-state index is 12.7. The van der Waals surface area contributed by atoms with Gasteiger partial charge in [-0.25, -0.2) is 0 Å². The second-order valence-corrected chi connectivity index (χ2v) is 7.45. The third kappa shape index (κ3) is 5.14. The first-order chi connectivity index (χ1) is 14.0. The number of hydrogen-bond acceptors (Lipinski definition) is 5. The first kappa shape index (κ1) is 20.8. The molecule has 0 saturated carbocycles. The number of rotatable bonds is 6. The highest BCUT2D eigenvalue weighted by Crippen LogP contribution is 2.22. The van der Waals surface area contributed by atoms with E-state index in [1.807, 2.05) is 19.1 Å². The molecule has 0 radical (unpaired) electrons. The van der Waals surface area contributed by atoms with Crippen molar-refractivity contribution in [3.05, 3.63) is 59.2 Å². The average Bonchev–Trinajstić information content (AvgIpc) is 2.74. The van der Waals surface area contributed by atoms with Crippen LogP contribution in [0.25, 0.3) is 0 Å². The molecule has 1 N–H and O–H groups in total. The van der Waals surface area contributed by atoms with E-state index in [0.717, 1.165) is 38.5 Å². The number of nitriles is 1. The number of aryl methyl sites for hydroxylation is 1. The van der Waals surface area contributed by atoms with Gasteiger partial charge >= 0.3 is 0 Å². The fraction of sp³-hybridized carbons (Fsp3) is 0.391. The molecule has 0 unspecified atom stereocenters. The Hall–Kier alpha value is -2.88. The lowest BCUT2D eigenvalue weighted by atomic mass is 10.1. The fourth-order valence-electron chi connectivity index (χ4n) is 3.67. The maximum Gasteiger partial charge on any atom is 0.241 e. The van der Waals surface area contributed by atoms with Crippen LogP contribution in [0.2, 0.25) is 0 Å². The molecular formula is C23H28N4O2. The van der Waals surface area contributed by atoms with Gasteiger partial charge in [0.25, 0.3) is 0 Å². The topological polar surface area (TPSA) is 68.6 Å². The van der Waals surface area contributed by atoms with Crippen molar-refractivity contribution in [2.45, 2.75) is 26.4 Å². The molecule has 1 amide bonds. The fourth-order valence-corrected chi connectivity index (χ4v) is 3.67. The predicted octanol–water partition coefficient (Wildman–Crippen LogP) is 3.02. The molecule has 0 spiro atoms. The van der Waals surface area contributed by atoms with Crippen molar-refractivity contribution >= 4 is 11.6 Å². The van der Waals surface area contributed by atoms with Crippen LogP contribution in [-0.2, 0) is 11.3 Å². The summed E-state index contributed by atoms with van der Waals surface area (Å²) in [4.78, 5) is 17.3. The molecule has 2 aromatic carbocycles. The third-order valence-corrected chi connectivity index (χ3v) is 5.47. The summed E-state index contributed by atoms with van der Waals surface area (Å²) in [7, 11) is 1.71. The third-order valence-electron chi connectivity index (χ3n) is 5.47. The minimum Gasteiger partial charge on any atom is -0.496 e. The first-order valence-corrected chi connectivity index (χ1v) is 9.91. The first-order valence-electron chi connectivity index (χ1n) is 9.91. The standard InChI is InChI=1S/C23H28N4O2/c1-17-8-9-22(29-3)20(14-17)16-26-10-12-27(13-11-26)18(2)23(28)25-21-7-5-4-6-19(21)15-24/h4-9,14,18H,10-13,16H2,1-3H3,(H,25,28)/t18-/m0/s1. The molecule has 0 bridgehead atoms. The molecule has 0 aliphatic carbocycles. The van der Waals surface area contributed by atoms with Crippen LogP contribution in [0.1, 0.15) is 23.6 Å². The Labute approximate surface area is 172 Å². The summed E-state index contributed by atoms with van der Waals surface area (Å²) in [5.41, 5.74) is 3.46. The zero-order valence-electron chi connectivity index (χ0n) is 17.3. The number of methoxy groups -OCH3 is 1. The smallest absolute Gasteiger partial charge is 0.241 e. The molecule has 152 valence electrons. The zero-order chi connectivity index (χ0) is 20.8. The number of hydrogen-bond donors (Lipinski definition) is 1. The Kier molecular flexibility index (Phi) is 6.86. The van der Waals surface area contributed by atoms with Crippen LogP contribution >= 0.6 is 0 Å². The Morgan fingerprint density at radius 3 is 2.62 bits per heavy atom. The van der Waals surface area contributed by atoms with E-state index in [1.165, 1.54) is 11.1 Å². The summed E-state index contributed by atoms with van der Waals surface area (Å²) in [6, 6.07) is 15.2. The highest BCUT2D eigenvalue weighted by atomic mass is 16.5. The molecule has 29 heavy (non-hydrogen) atoms. The summed E-state index contributed by atoms with van der Waals surface area (Å²) in [5, 5.41) is 12.1. The van der Waals surface area contributed by atoms with Crippen molar-refractivity contribution in [1.29, 1.82) is 5.26 Å². The normalized spacial score (nSPS) is 16.1. The number of para-hydroxylation sites is 1. The molecule has 1 heterocycles. The van der Waals surface area contributed by atoms with Gasteiger partial charge in [-0.2, -0.15) is 5.26 Å². The van der Waals surface area contributed by atoms with E-state index in [0.29, 0.717) is 11.3 Å². The molecule has 0 aromatic heterocycles. The maximum atomic E-state index is 12.7. The van der Waals surface area contributed by atoms with Gasteiger partial charge in [0.05, 0.1) is 24.4 Å². The number of carbonyl (C=O) groups is 1. The lowest BCUT2D eigenvalue weighted by molar-refractivity contribution is -0.121. The van der Waals surface area contributed by atoms with Gasteiger partial charge in [0, 0.05) is 38.3 Å². The van der Waals surface area contributed by atoms with Gasteiger partial charge in [0.1, 0.15) is 11.8 Å². The van der Waals surface area contributed by atoms with Crippen molar-refractivity contribution in [3.63, 3.8) is 0 Å². The van der Waals surface area contributed by atoms with Crippen LogP contribution < -0.4 is 10.1 Å². The lowest BCUT2D eigenvalue weighted by Crippen LogP contribution is -2.52. The molecule has 1 aliphatic heterocycles. The molecule has 2 aromatic rings. The van der Waals surface area contributed by atoms with E-state index in [4.69, 9.17) is 4.74 Å². The van der Waals surface area contributed by atoms with Gasteiger partial charge < -0.3 is 10.1 Å². The van der Waals surface area contributed by atoms with Crippen LogP contribution in [0.4, 0.5) is 5.69 Å². The molecule has 1 atom stereocenters. The van der Waals surface area contributed by atoms with E-state index in [-0.39, 0.29) is 11.9 Å². The largest absolute Gasteiger partial charge is 0.496 e. The molecule has 1 fully saturated rings. The van der Waals surface area contributed by atoms with Crippen LogP contribution in [0.5, 0.6) is 5.75 Å². The van der Waals surface area contributed by atoms with E-state index >= 15 is 0 Å². The minimum absolute atomic E-state index is 0.0819. The Bertz CT molecular complexity index is 898. The number of carbonyl (C=O) groups excluding carboxylic acids is 1. The summed E-state index contributed by atoms with van der Waals surface area (Å²) in [6.45, 7) is 8.28. The van der Waals surface area contributed by atoms with Crippen LogP contribution in [0, 0.1) is 18.3 Å². The average molecular weight is 393 g/mol. The van der Waals surface area contributed by atoms with Gasteiger partial charge in [-0.15, -0.1) is 0 Å². The lowest BCUT2D eigenvalue weighted by Gasteiger charge is -2.37. The zero-order valence-corrected chi connectivity index (χ0v) is 17.3. The Morgan fingerprint density at radius 1 is 1.21 bits per heavy atom. The van der Waals surface area contributed by atoms with Crippen molar-refractivity contribution < 1.29 is 9.53 Å². The second-order valence-electron chi connectivity index (χ2n) is 7.45. The molecular weight excluding hydrogens is 364 g/mol. The molecule has 6 heteroatoms. The molecule has 3 rings (SSSR count). The summed E-state index contributed by atoms with van der Waals surface area (Å²) in [5.74, 6) is 0.837. The monoisotopic (exact) mass is 392 g/mol. The Balaban J connectivity index is 1.55. The quantitative estimate of drug-likeness (QED) is 0.818. The number of ether oxygens (including phenoxy) is 1. The van der Waals surface area contributed by atoms with E-state index in [1.54, 1.807) is 25.3 Å². The number of piperazine rings is 1. The van der Waals surface area contributed by atoms with Crippen molar-refractivity contribution in [2.75, 3.05) is 38.6 Å². The van der Waals surface area contributed by atoms with Crippen molar-refractivity contribution in [1.82, 2.24) is 9.80 Å². The van der Waals surface area contributed by atoms with Gasteiger partial charge in [-0.05, 0) is 32.0 Å². The van der Waals surface area contributed by atoms with Gasteiger partial charge in [0.15, 0.2) is 0 Å². The predicted molar refractivity (Wildman–Crippen MR) is 114 cm³/mol. The SMILES string of the molecule is COc1ccc(C)cc1CN1CCN([C@@H](C)C(=O)Nc2ccccc2C#N)CC1. The van der Waals surface area contributed by atoms with E-state index < -0.39 is 0 Å². The van der Waals surface area contributed by atoms with Gasteiger partial charge in [-0.1, -0.05) is 29.8 Å². The van der Waals surface area contributed by atoms with Crippen LogP contribution in [-0.4, -0.2) is 55.0 Å². The number of benzene rings is 2. The van der Waals surface area contributed by atoms with Crippen LogP contribution in [0.3, 0.4) is 0 Å². The van der Waals surface area contributed by atoms with Crippen molar-refractivity contribution in [2.24, 2.45) is 0 Å². The van der Waals surface area contributed by atoms with Gasteiger partial charge in [-0.3, -0.25) is 14.6 Å². The second kappa shape index (κ2) is 9.55. The number of nitrogens with zero attached hydrogens (tertiary/aromatic N) is 3.